The van der Waals surface area contributed by atoms with Crippen LogP contribution in [-0.2, 0) is 23.8 Å². The van der Waals surface area contributed by atoms with Crippen molar-refractivity contribution in [2.75, 3.05) is 20.3 Å². The van der Waals surface area contributed by atoms with Gasteiger partial charge in [0.2, 0.25) is 0 Å². The van der Waals surface area contributed by atoms with E-state index in [1.165, 1.54) is 18.1 Å². The van der Waals surface area contributed by atoms with Crippen molar-refractivity contribution < 1.29 is 28.6 Å². The number of hydrogen-bond donors (Lipinski definition) is 1. The summed E-state index contributed by atoms with van der Waals surface area (Å²) in [4.78, 5) is 42.9. The van der Waals surface area contributed by atoms with E-state index >= 15 is 0 Å². The Morgan fingerprint density at radius 1 is 1.16 bits per heavy atom. The molecule has 0 spiro atoms. The third-order valence-electron chi connectivity index (χ3n) is 4.07. The van der Waals surface area contributed by atoms with E-state index in [0.29, 0.717) is 6.42 Å². The lowest BCUT2D eigenvalue weighted by Gasteiger charge is -2.32. The number of amides is 1. The van der Waals surface area contributed by atoms with Crippen LogP contribution < -0.4 is 5.73 Å². The van der Waals surface area contributed by atoms with E-state index in [0.717, 1.165) is 0 Å². The molecule has 0 saturated heterocycles. The highest BCUT2D eigenvalue weighted by molar-refractivity contribution is 5.92. The number of esters is 2. The SMILES string of the molecule is C=CCOC(=O)N(CC(=O)OC)C(CC(C)C)C(N)=N[C@H](C(=O)OC(C)(C)C)C(C)C. The zero-order valence-corrected chi connectivity index (χ0v) is 20.1. The van der Waals surface area contributed by atoms with Crippen LogP contribution in [0.5, 0.6) is 0 Å². The Labute approximate surface area is 186 Å². The number of carbonyl (C=O) groups excluding carboxylic acids is 3. The van der Waals surface area contributed by atoms with Crippen LogP contribution in [0.2, 0.25) is 0 Å². The molecular formula is C22H39N3O6. The van der Waals surface area contributed by atoms with Gasteiger partial charge in [-0.05, 0) is 39.0 Å². The molecule has 0 rings (SSSR count). The zero-order chi connectivity index (χ0) is 24.4. The Bertz CT molecular complexity index is 652. The third kappa shape index (κ3) is 10.8. The fourth-order valence-corrected chi connectivity index (χ4v) is 2.66. The first-order valence-corrected chi connectivity index (χ1v) is 10.4. The zero-order valence-electron chi connectivity index (χ0n) is 20.1. The minimum absolute atomic E-state index is 0.0333. The molecule has 0 saturated carbocycles. The molecule has 9 heteroatoms. The lowest BCUT2D eigenvalue weighted by molar-refractivity contribution is -0.157. The van der Waals surface area contributed by atoms with Gasteiger partial charge < -0.3 is 19.9 Å². The van der Waals surface area contributed by atoms with Crippen LogP contribution in [0.1, 0.15) is 54.9 Å². The molecule has 2 N–H and O–H groups in total. The second-order valence-corrected chi connectivity index (χ2v) is 8.99. The standard InChI is InChI=1S/C22H39N3O6/c1-10-11-30-21(28)25(13-17(26)29-9)16(12-14(2)3)19(23)24-18(15(4)5)20(27)31-22(6,7)8/h10,14-16,18H,1,11-13H2,2-9H3,(H2,23,24)/t16?,18-/m0/s1. The van der Waals surface area contributed by atoms with Crippen molar-refractivity contribution in [3.63, 3.8) is 0 Å². The van der Waals surface area contributed by atoms with Crippen LogP contribution >= 0.6 is 0 Å². The molecule has 2 atom stereocenters. The van der Waals surface area contributed by atoms with Crippen LogP contribution in [0.3, 0.4) is 0 Å². The lowest BCUT2D eigenvalue weighted by atomic mass is 10.00. The molecule has 178 valence electrons. The highest BCUT2D eigenvalue weighted by Crippen LogP contribution is 2.18. The molecule has 0 fully saturated rings. The molecule has 9 nitrogen and oxygen atoms in total. The number of nitrogens with two attached hydrogens (primary N) is 1. The van der Waals surface area contributed by atoms with Crippen LogP contribution in [-0.4, -0.2) is 66.7 Å². The van der Waals surface area contributed by atoms with Gasteiger partial charge in [0.05, 0.1) is 13.2 Å². The van der Waals surface area contributed by atoms with Gasteiger partial charge in [-0.25, -0.2) is 9.59 Å². The minimum atomic E-state index is -0.863. The highest BCUT2D eigenvalue weighted by atomic mass is 16.6. The van der Waals surface area contributed by atoms with Crippen LogP contribution in [0.15, 0.2) is 17.6 Å². The average Bonchev–Trinajstić information content (AvgIpc) is 2.64. The predicted octanol–water partition coefficient (Wildman–Crippen LogP) is 2.92. The third-order valence-corrected chi connectivity index (χ3v) is 4.07. The number of aliphatic imine (C=N–C) groups is 1. The predicted molar refractivity (Wildman–Crippen MR) is 120 cm³/mol. The molecule has 1 amide bonds. The van der Waals surface area contributed by atoms with Crippen LogP contribution in [0, 0.1) is 11.8 Å². The molecule has 0 heterocycles. The Morgan fingerprint density at radius 2 is 1.74 bits per heavy atom. The van der Waals surface area contributed by atoms with E-state index in [1.54, 1.807) is 20.8 Å². The lowest BCUT2D eigenvalue weighted by Crippen LogP contribution is -2.51. The number of nitrogens with zero attached hydrogens (tertiary/aromatic N) is 2. The molecule has 0 aliphatic carbocycles. The van der Waals surface area contributed by atoms with Gasteiger partial charge in [0, 0.05) is 0 Å². The van der Waals surface area contributed by atoms with Crippen LogP contribution in [0.4, 0.5) is 4.79 Å². The fourth-order valence-electron chi connectivity index (χ4n) is 2.66. The first kappa shape index (κ1) is 28.4. The van der Waals surface area contributed by atoms with Crippen molar-refractivity contribution in [1.82, 2.24) is 4.90 Å². The summed E-state index contributed by atoms with van der Waals surface area (Å²) >= 11 is 0. The van der Waals surface area contributed by atoms with Gasteiger partial charge in [-0.3, -0.25) is 14.7 Å². The molecular weight excluding hydrogens is 402 g/mol. The smallest absolute Gasteiger partial charge is 0.411 e. The summed E-state index contributed by atoms with van der Waals surface area (Å²) in [6.45, 7) is 16.0. The monoisotopic (exact) mass is 441 g/mol. The van der Waals surface area contributed by atoms with Crippen molar-refractivity contribution in [2.24, 2.45) is 22.6 Å². The topological polar surface area (TPSA) is 121 Å². The Hall–Kier alpha value is -2.58. The Balaban J connectivity index is 6.13. The largest absolute Gasteiger partial charge is 0.468 e. The second-order valence-electron chi connectivity index (χ2n) is 8.99. The van der Waals surface area contributed by atoms with Gasteiger partial charge >= 0.3 is 18.0 Å². The summed E-state index contributed by atoms with van der Waals surface area (Å²) in [5, 5.41) is 0. The van der Waals surface area contributed by atoms with Crippen molar-refractivity contribution in [3.05, 3.63) is 12.7 Å². The number of hydrogen-bond acceptors (Lipinski definition) is 7. The molecule has 0 aromatic heterocycles. The minimum Gasteiger partial charge on any atom is -0.468 e. The maximum absolute atomic E-state index is 12.7. The summed E-state index contributed by atoms with van der Waals surface area (Å²) < 4.78 is 15.3. The maximum Gasteiger partial charge on any atom is 0.411 e. The molecule has 1 unspecified atom stereocenters. The van der Waals surface area contributed by atoms with E-state index in [9.17, 15) is 14.4 Å². The Kier molecular flexibility index (Phi) is 11.9. The second kappa shape index (κ2) is 13.0. The summed E-state index contributed by atoms with van der Waals surface area (Å²) in [7, 11) is 1.22. The van der Waals surface area contributed by atoms with Gasteiger partial charge in [-0.2, -0.15) is 0 Å². The van der Waals surface area contributed by atoms with E-state index in [1.807, 2.05) is 27.7 Å². The van der Waals surface area contributed by atoms with Gasteiger partial charge in [-0.1, -0.05) is 40.3 Å². The van der Waals surface area contributed by atoms with E-state index in [-0.39, 0.29) is 30.8 Å². The first-order chi connectivity index (χ1) is 14.2. The number of ether oxygens (including phenoxy) is 3. The summed E-state index contributed by atoms with van der Waals surface area (Å²) in [6, 6.07) is -1.64. The van der Waals surface area contributed by atoms with E-state index in [4.69, 9.17) is 19.9 Å². The number of amidine groups is 1. The van der Waals surface area contributed by atoms with Gasteiger partial charge in [-0.15, -0.1) is 0 Å². The fraction of sp³-hybridized carbons (Fsp3) is 0.727. The quantitative estimate of drug-likeness (QED) is 0.172. The number of methoxy groups -OCH3 is 1. The van der Waals surface area contributed by atoms with E-state index < -0.39 is 35.7 Å². The average molecular weight is 442 g/mol. The first-order valence-electron chi connectivity index (χ1n) is 10.4. The molecule has 0 bridgehead atoms. The normalized spacial score (nSPS) is 14.1. The van der Waals surface area contributed by atoms with Gasteiger partial charge in [0.15, 0.2) is 6.04 Å². The molecule has 0 aromatic rings. The van der Waals surface area contributed by atoms with Crippen molar-refractivity contribution in [1.29, 1.82) is 0 Å². The molecule has 0 aliphatic heterocycles. The molecule has 0 aliphatic rings. The highest BCUT2D eigenvalue weighted by Gasteiger charge is 2.33. The van der Waals surface area contributed by atoms with E-state index in [2.05, 4.69) is 11.6 Å². The van der Waals surface area contributed by atoms with Crippen LogP contribution in [0.25, 0.3) is 0 Å². The van der Waals surface area contributed by atoms with Gasteiger partial charge in [0.1, 0.15) is 24.6 Å². The van der Waals surface area contributed by atoms with Crippen molar-refractivity contribution in [2.45, 2.75) is 72.6 Å². The van der Waals surface area contributed by atoms with Crippen molar-refractivity contribution in [3.8, 4) is 0 Å². The molecule has 31 heavy (non-hydrogen) atoms. The number of rotatable bonds is 11. The maximum atomic E-state index is 12.7. The summed E-state index contributed by atoms with van der Waals surface area (Å²) in [5.41, 5.74) is 5.63. The molecule has 0 radical (unpaired) electrons. The van der Waals surface area contributed by atoms with Crippen molar-refractivity contribution >= 4 is 23.9 Å². The molecule has 0 aromatic carbocycles. The van der Waals surface area contributed by atoms with Gasteiger partial charge in [0.25, 0.3) is 0 Å². The summed E-state index contributed by atoms with van der Waals surface area (Å²) in [5.74, 6) is -1.20. The Morgan fingerprint density at radius 3 is 2.16 bits per heavy atom. The number of carbonyl (C=O) groups is 3. The summed E-state index contributed by atoms with van der Waals surface area (Å²) in [6.07, 6.45) is 1.06.